The standard InChI is InChI=1S/C13H10BrN5O4/c1-22-8-4-2-7(3-5-8)6-9-15-18-13(23-9)11-10(14)12(17-16-11)19(20)21/h2-5H,6H2,1H3,(H,16,17). The number of hydrogen-bond acceptors (Lipinski definition) is 7. The van der Waals surface area contributed by atoms with E-state index in [2.05, 4.69) is 36.3 Å². The molecule has 1 N–H and O–H groups in total. The summed E-state index contributed by atoms with van der Waals surface area (Å²) in [6, 6.07) is 7.44. The highest BCUT2D eigenvalue weighted by molar-refractivity contribution is 9.10. The first kappa shape index (κ1) is 15.2. The predicted octanol–water partition coefficient (Wildman–Crippen LogP) is 2.73. The van der Waals surface area contributed by atoms with E-state index in [9.17, 15) is 10.1 Å². The normalized spacial score (nSPS) is 10.7. The molecule has 1 aromatic carbocycles. The van der Waals surface area contributed by atoms with E-state index in [1.54, 1.807) is 7.11 Å². The largest absolute Gasteiger partial charge is 0.497 e. The van der Waals surface area contributed by atoms with Crippen LogP contribution in [0.15, 0.2) is 33.2 Å². The molecule has 2 aromatic heterocycles. The Kier molecular flexibility index (Phi) is 4.06. The molecule has 0 saturated heterocycles. The highest BCUT2D eigenvalue weighted by atomic mass is 79.9. The lowest BCUT2D eigenvalue weighted by Gasteiger charge is -2.00. The maximum absolute atomic E-state index is 10.8. The van der Waals surface area contributed by atoms with Crippen molar-refractivity contribution in [3.63, 3.8) is 0 Å². The summed E-state index contributed by atoms with van der Waals surface area (Å²) in [7, 11) is 1.60. The van der Waals surface area contributed by atoms with Gasteiger partial charge in [0.1, 0.15) is 10.2 Å². The summed E-state index contributed by atoms with van der Waals surface area (Å²) in [5.74, 6) is 0.968. The van der Waals surface area contributed by atoms with Crippen LogP contribution < -0.4 is 4.74 Å². The fourth-order valence-corrected chi connectivity index (χ4v) is 2.41. The maximum atomic E-state index is 10.8. The minimum absolute atomic E-state index is 0.102. The number of halogens is 1. The van der Waals surface area contributed by atoms with Crippen LogP contribution in [0, 0.1) is 10.1 Å². The topological polar surface area (TPSA) is 120 Å². The number of aromatic amines is 1. The molecular formula is C13H10BrN5O4. The lowest BCUT2D eigenvalue weighted by molar-refractivity contribution is -0.390. The number of nitro groups is 1. The van der Waals surface area contributed by atoms with Crippen molar-refractivity contribution in [1.82, 2.24) is 20.4 Å². The van der Waals surface area contributed by atoms with Crippen LogP contribution in [0.1, 0.15) is 11.5 Å². The van der Waals surface area contributed by atoms with E-state index in [4.69, 9.17) is 9.15 Å². The van der Waals surface area contributed by atoms with Gasteiger partial charge in [0.05, 0.1) is 13.5 Å². The van der Waals surface area contributed by atoms with Crippen molar-refractivity contribution >= 4 is 21.7 Å². The lowest BCUT2D eigenvalue weighted by atomic mass is 10.1. The molecule has 0 atom stereocenters. The minimum Gasteiger partial charge on any atom is -0.497 e. The fraction of sp³-hybridized carbons (Fsp3) is 0.154. The van der Waals surface area contributed by atoms with Gasteiger partial charge in [0, 0.05) is 0 Å². The Morgan fingerprint density at radius 3 is 2.70 bits per heavy atom. The van der Waals surface area contributed by atoms with E-state index in [1.807, 2.05) is 24.3 Å². The summed E-state index contributed by atoms with van der Waals surface area (Å²) in [5, 5.41) is 24.7. The van der Waals surface area contributed by atoms with Crippen LogP contribution >= 0.6 is 15.9 Å². The van der Waals surface area contributed by atoms with Crippen LogP contribution in [0.3, 0.4) is 0 Å². The highest BCUT2D eigenvalue weighted by Crippen LogP contribution is 2.32. The molecule has 0 spiro atoms. The number of hydrogen-bond donors (Lipinski definition) is 1. The Morgan fingerprint density at radius 2 is 2.09 bits per heavy atom. The van der Waals surface area contributed by atoms with E-state index in [1.165, 1.54) is 0 Å². The van der Waals surface area contributed by atoms with Crippen LogP contribution in [0.2, 0.25) is 0 Å². The molecule has 0 aliphatic rings. The van der Waals surface area contributed by atoms with Gasteiger partial charge in [-0.25, -0.2) is 0 Å². The van der Waals surface area contributed by atoms with Crippen molar-refractivity contribution in [2.45, 2.75) is 6.42 Å². The van der Waals surface area contributed by atoms with Gasteiger partial charge in [-0.2, -0.15) is 0 Å². The van der Waals surface area contributed by atoms with Gasteiger partial charge >= 0.3 is 5.82 Å². The number of rotatable bonds is 5. The lowest BCUT2D eigenvalue weighted by Crippen LogP contribution is -1.89. The zero-order valence-electron chi connectivity index (χ0n) is 11.8. The third-order valence-electron chi connectivity index (χ3n) is 3.06. The van der Waals surface area contributed by atoms with Crippen molar-refractivity contribution < 1.29 is 14.1 Å². The molecule has 0 radical (unpaired) electrons. The number of ether oxygens (including phenoxy) is 1. The molecule has 9 nitrogen and oxygen atoms in total. The maximum Gasteiger partial charge on any atom is 0.357 e. The third kappa shape index (κ3) is 3.06. The van der Waals surface area contributed by atoms with E-state index in [-0.39, 0.29) is 21.9 Å². The average molecular weight is 380 g/mol. The molecule has 0 aliphatic heterocycles. The molecule has 0 bridgehead atoms. The predicted molar refractivity (Wildman–Crippen MR) is 82.0 cm³/mol. The van der Waals surface area contributed by atoms with Crippen molar-refractivity contribution in [3.05, 3.63) is 50.3 Å². The van der Waals surface area contributed by atoms with Gasteiger partial charge in [0.2, 0.25) is 5.89 Å². The quantitative estimate of drug-likeness (QED) is 0.534. The summed E-state index contributed by atoms with van der Waals surface area (Å²) < 4.78 is 10.8. The Hall–Kier alpha value is -2.75. The summed E-state index contributed by atoms with van der Waals surface area (Å²) in [5.41, 5.74) is 1.17. The Labute approximate surface area is 138 Å². The number of nitrogens with one attached hydrogen (secondary N) is 1. The van der Waals surface area contributed by atoms with Gasteiger partial charge in [-0.3, -0.25) is 0 Å². The Balaban J connectivity index is 1.81. The van der Waals surface area contributed by atoms with Gasteiger partial charge in [-0.15, -0.1) is 15.3 Å². The Morgan fingerprint density at radius 1 is 1.35 bits per heavy atom. The number of nitrogens with zero attached hydrogens (tertiary/aromatic N) is 4. The van der Waals surface area contributed by atoms with Crippen molar-refractivity contribution in [3.8, 4) is 17.3 Å². The highest BCUT2D eigenvalue weighted by Gasteiger charge is 2.24. The van der Waals surface area contributed by atoms with Crippen LogP contribution in [-0.2, 0) is 6.42 Å². The zero-order chi connectivity index (χ0) is 16.4. The molecular weight excluding hydrogens is 370 g/mol. The molecule has 118 valence electrons. The number of methoxy groups -OCH3 is 1. The van der Waals surface area contributed by atoms with Crippen molar-refractivity contribution in [2.24, 2.45) is 0 Å². The minimum atomic E-state index is -0.588. The second kappa shape index (κ2) is 6.16. The third-order valence-corrected chi connectivity index (χ3v) is 3.81. The number of benzene rings is 1. The molecule has 0 aliphatic carbocycles. The van der Waals surface area contributed by atoms with Crippen LogP contribution in [-0.4, -0.2) is 32.4 Å². The molecule has 2 heterocycles. The van der Waals surface area contributed by atoms with Crippen LogP contribution in [0.5, 0.6) is 5.75 Å². The summed E-state index contributed by atoms with van der Waals surface area (Å²) in [6.45, 7) is 0. The second-order valence-electron chi connectivity index (χ2n) is 4.52. The SMILES string of the molecule is COc1ccc(Cc2nnc(-c3n[nH]c([N+](=O)[O-])c3Br)o2)cc1. The molecule has 0 amide bonds. The molecule has 0 fully saturated rings. The molecule has 3 rings (SSSR count). The van der Waals surface area contributed by atoms with Gasteiger partial charge < -0.3 is 19.3 Å². The first-order valence-electron chi connectivity index (χ1n) is 6.42. The van der Waals surface area contributed by atoms with Gasteiger partial charge in [-0.1, -0.05) is 17.2 Å². The fourth-order valence-electron chi connectivity index (χ4n) is 1.92. The van der Waals surface area contributed by atoms with Gasteiger partial charge in [0.25, 0.3) is 5.89 Å². The van der Waals surface area contributed by atoms with E-state index in [0.717, 1.165) is 11.3 Å². The molecule has 23 heavy (non-hydrogen) atoms. The van der Waals surface area contributed by atoms with Crippen LogP contribution in [0.4, 0.5) is 5.82 Å². The molecule has 0 saturated carbocycles. The summed E-state index contributed by atoms with van der Waals surface area (Å²) in [6.07, 6.45) is 0.432. The first-order valence-corrected chi connectivity index (χ1v) is 7.21. The van der Waals surface area contributed by atoms with Gasteiger partial charge in [-0.05, 0) is 38.5 Å². The molecule has 3 aromatic rings. The first-order chi connectivity index (χ1) is 11.1. The molecule has 10 heteroatoms. The number of aromatic nitrogens is 4. The summed E-state index contributed by atoms with van der Waals surface area (Å²) in [4.78, 5) is 10.2. The van der Waals surface area contributed by atoms with Gasteiger partial charge in [0.15, 0.2) is 5.69 Å². The van der Waals surface area contributed by atoms with E-state index < -0.39 is 4.92 Å². The van der Waals surface area contributed by atoms with Crippen molar-refractivity contribution in [1.29, 1.82) is 0 Å². The second-order valence-corrected chi connectivity index (χ2v) is 5.31. The van der Waals surface area contributed by atoms with E-state index >= 15 is 0 Å². The molecule has 0 unspecified atom stereocenters. The van der Waals surface area contributed by atoms with Crippen molar-refractivity contribution in [2.75, 3.05) is 7.11 Å². The number of H-pyrrole nitrogens is 1. The monoisotopic (exact) mass is 379 g/mol. The average Bonchev–Trinajstić information content (AvgIpc) is 3.14. The smallest absolute Gasteiger partial charge is 0.357 e. The summed E-state index contributed by atoms with van der Waals surface area (Å²) >= 11 is 3.10. The zero-order valence-corrected chi connectivity index (χ0v) is 13.4. The van der Waals surface area contributed by atoms with Crippen LogP contribution in [0.25, 0.3) is 11.6 Å². The Bertz CT molecular complexity index is 842. The van der Waals surface area contributed by atoms with E-state index in [0.29, 0.717) is 12.3 Å².